The fraction of sp³-hybridized carbons (Fsp3) is 0.133. The molecule has 0 unspecified atom stereocenters. The van der Waals surface area contributed by atoms with Crippen molar-refractivity contribution in [2.75, 3.05) is 7.11 Å². The number of halogens is 2. The third kappa shape index (κ3) is 2.86. The van der Waals surface area contributed by atoms with Gasteiger partial charge in [-0.2, -0.15) is 5.26 Å². The Morgan fingerprint density at radius 1 is 1.15 bits per heavy atom. The Morgan fingerprint density at radius 2 is 1.95 bits per heavy atom. The van der Waals surface area contributed by atoms with E-state index < -0.39 is 11.6 Å². The standard InChI is InChI=1S/C15H11F2NO2/c1-19-14-4-2-3-11(15(14)17)9-20-13-6-5-10(8-18)7-12(13)16/h2-7H,9H2,1H3. The van der Waals surface area contributed by atoms with Gasteiger partial charge in [0.05, 0.1) is 18.7 Å². The van der Waals surface area contributed by atoms with Gasteiger partial charge in [0.15, 0.2) is 23.1 Å². The summed E-state index contributed by atoms with van der Waals surface area (Å²) in [6, 6.07) is 10.3. The van der Waals surface area contributed by atoms with Crippen LogP contribution < -0.4 is 9.47 Å². The van der Waals surface area contributed by atoms with E-state index in [0.717, 1.165) is 6.07 Å². The van der Waals surface area contributed by atoms with Crippen LogP contribution >= 0.6 is 0 Å². The molecule has 0 aromatic heterocycles. The fourth-order valence-electron chi connectivity index (χ4n) is 1.67. The second-order valence-electron chi connectivity index (χ2n) is 3.98. The molecule has 2 aromatic carbocycles. The van der Waals surface area contributed by atoms with E-state index in [1.807, 2.05) is 6.07 Å². The highest BCUT2D eigenvalue weighted by atomic mass is 19.1. The Balaban J connectivity index is 2.15. The molecule has 0 atom stereocenters. The zero-order valence-corrected chi connectivity index (χ0v) is 10.7. The lowest BCUT2D eigenvalue weighted by atomic mass is 10.2. The minimum atomic E-state index is -0.660. The van der Waals surface area contributed by atoms with E-state index in [2.05, 4.69) is 0 Å². The second kappa shape index (κ2) is 6.02. The summed E-state index contributed by atoms with van der Waals surface area (Å²) in [4.78, 5) is 0. The summed E-state index contributed by atoms with van der Waals surface area (Å²) in [5.41, 5.74) is 0.454. The van der Waals surface area contributed by atoms with Gasteiger partial charge in [-0.15, -0.1) is 0 Å². The molecule has 0 amide bonds. The minimum Gasteiger partial charge on any atom is -0.494 e. The van der Waals surface area contributed by atoms with Crippen molar-refractivity contribution in [2.45, 2.75) is 6.61 Å². The lowest BCUT2D eigenvalue weighted by Gasteiger charge is -2.10. The number of methoxy groups -OCH3 is 1. The Bertz CT molecular complexity index is 665. The molecule has 0 saturated carbocycles. The molecule has 0 bridgehead atoms. The molecule has 0 saturated heterocycles. The van der Waals surface area contributed by atoms with E-state index in [0.29, 0.717) is 0 Å². The van der Waals surface area contributed by atoms with Gasteiger partial charge < -0.3 is 9.47 Å². The lowest BCUT2D eigenvalue weighted by Crippen LogP contribution is -2.01. The quantitative estimate of drug-likeness (QED) is 0.858. The molecule has 0 heterocycles. The van der Waals surface area contributed by atoms with E-state index >= 15 is 0 Å². The summed E-state index contributed by atoms with van der Waals surface area (Å²) in [5.74, 6) is -1.13. The van der Waals surface area contributed by atoms with Crippen LogP contribution in [0.1, 0.15) is 11.1 Å². The summed E-state index contributed by atoms with van der Waals surface area (Å²) in [5, 5.41) is 8.63. The third-order valence-corrected chi connectivity index (χ3v) is 2.71. The van der Waals surface area contributed by atoms with Gasteiger partial charge in [0.25, 0.3) is 0 Å². The van der Waals surface area contributed by atoms with Gasteiger partial charge in [0, 0.05) is 5.56 Å². The van der Waals surface area contributed by atoms with Crippen molar-refractivity contribution in [3.8, 4) is 17.6 Å². The molecule has 102 valence electrons. The molecule has 0 spiro atoms. The molecule has 2 aromatic rings. The van der Waals surface area contributed by atoms with Gasteiger partial charge in [0.2, 0.25) is 0 Å². The number of benzene rings is 2. The summed E-state index contributed by atoms with van der Waals surface area (Å²) in [6.45, 7) is -0.133. The largest absolute Gasteiger partial charge is 0.494 e. The molecule has 2 rings (SSSR count). The maximum absolute atomic E-state index is 13.9. The van der Waals surface area contributed by atoms with Crippen LogP contribution in [0.2, 0.25) is 0 Å². The number of nitriles is 1. The predicted molar refractivity (Wildman–Crippen MR) is 68.4 cm³/mol. The van der Waals surface area contributed by atoms with Crippen molar-refractivity contribution in [1.82, 2.24) is 0 Å². The normalized spacial score (nSPS) is 9.90. The van der Waals surface area contributed by atoms with Crippen molar-refractivity contribution >= 4 is 0 Å². The van der Waals surface area contributed by atoms with Crippen LogP contribution in [0.3, 0.4) is 0 Å². The monoisotopic (exact) mass is 275 g/mol. The Kier molecular flexibility index (Phi) is 4.16. The van der Waals surface area contributed by atoms with Crippen LogP contribution in [-0.4, -0.2) is 7.11 Å². The molecule has 0 fully saturated rings. The Morgan fingerprint density at radius 3 is 2.60 bits per heavy atom. The zero-order chi connectivity index (χ0) is 14.5. The smallest absolute Gasteiger partial charge is 0.171 e. The van der Waals surface area contributed by atoms with Crippen molar-refractivity contribution in [1.29, 1.82) is 5.26 Å². The summed E-state index contributed by atoms with van der Waals surface area (Å²) < 4.78 is 37.5. The Hall–Kier alpha value is -2.61. The van der Waals surface area contributed by atoms with E-state index in [1.54, 1.807) is 6.07 Å². The van der Waals surface area contributed by atoms with Crippen LogP contribution in [0.15, 0.2) is 36.4 Å². The van der Waals surface area contributed by atoms with Crippen molar-refractivity contribution < 1.29 is 18.3 Å². The van der Waals surface area contributed by atoms with Crippen LogP contribution in [0.5, 0.6) is 11.5 Å². The van der Waals surface area contributed by atoms with Gasteiger partial charge >= 0.3 is 0 Å². The first-order valence-electron chi connectivity index (χ1n) is 5.79. The number of hydrogen-bond acceptors (Lipinski definition) is 3. The highest BCUT2D eigenvalue weighted by Gasteiger charge is 2.10. The molecule has 3 nitrogen and oxygen atoms in total. The molecule has 20 heavy (non-hydrogen) atoms. The van der Waals surface area contributed by atoms with E-state index in [-0.39, 0.29) is 29.2 Å². The number of rotatable bonds is 4. The highest BCUT2D eigenvalue weighted by molar-refractivity contribution is 5.36. The minimum absolute atomic E-state index is 0.0359. The van der Waals surface area contributed by atoms with E-state index in [4.69, 9.17) is 14.7 Å². The van der Waals surface area contributed by atoms with E-state index in [1.165, 1.54) is 31.4 Å². The molecular formula is C15H11F2NO2. The zero-order valence-electron chi connectivity index (χ0n) is 10.7. The number of nitrogens with zero attached hydrogens (tertiary/aromatic N) is 1. The van der Waals surface area contributed by atoms with Gasteiger partial charge in [-0.3, -0.25) is 0 Å². The topological polar surface area (TPSA) is 42.2 Å². The molecule has 5 heteroatoms. The maximum Gasteiger partial charge on any atom is 0.171 e. The van der Waals surface area contributed by atoms with Gasteiger partial charge in [0.1, 0.15) is 6.61 Å². The van der Waals surface area contributed by atoms with Crippen molar-refractivity contribution in [3.05, 3.63) is 59.2 Å². The van der Waals surface area contributed by atoms with Crippen molar-refractivity contribution in [2.24, 2.45) is 0 Å². The molecule has 0 radical (unpaired) electrons. The first kappa shape index (κ1) is 13.8. The molecular weight excluding hydrogens is 264 g/mol. The lowest BCUT2D eigenvalue weighted by molar-refractivity contribution is 0.281. The van der Waals surface area contributed by atoms with Crippen LogP contribution in [-0.2, 0) is 6.61 Å². The third-order valence-electron chi connectivity index (χ3n) is 2.71. The maximum atomic E-state index is 13.9. The predicted octanol–water partition coefficient (Wildman–Crippen LogP) is 3.42. The van der Waals surface area contributed by atoms with Gasteiger partial charge in [-0.25, -0.2) is 8.78 Å². The van der Waals surface area contributed by atoms with Crippen LogP contribution in [0, 0.1) is 23.0 Å². The molecule has 0 aliphatic heterocycles. The summed E-state index contributed by atoms with van der Waals surface area (Å²) >= 11 is 0. The molecule has 0 aliphatic rings. The van der Waals surface area contributed by atoms with Gasteiger partial charge in [-0.1, -0.05) is 12.1 Å². The average molecular weight is 275 g/mol. The highest BCUT2D eigenvalue weighted by Crippen LogP contribution is 2.23. The summed E-state index contributed by atoms with van der Waals surface area (Å²) in [6.07, 6.45) is 0. The summed E-state index contributed by atoms with van der Waals surface area (Å²) in [7, 11) is 1.36. The number of ether oxygens (including phenoxy) is 2. The first-order valence-corrected chi connectivity index (χ1v) is 5.79. The second-order valence-corrected chi connectivity index (χ2v) is 3.98. The SMILES string of the molecule is COc1cccc(COc2ccc(C#N)cc2F)c1F. The molecule has 0 N–H and O–H groups in total. The molecule has 0 aliphatic carbocycles. The fourth-order valence-corrected chi connectivity index (χ4v) is 1.67. The van der Waals surface area contributed by atoms with Gasteiger partial charge in [-0.05, 0) is 24.3 Å². The van der Waals surface area contributed by atoms with E-state index in [9.17, 15) is 8.78 Å². The number of hydrogen-bond donors (Lipinski definition) is 0. The first-order chi connectivity index (χ1) is 9.65. The van der Waals surface area contributed by atoms with Crippen LogP contribution in [0.4, 0.5) is 8.78 Å². The van der Waals surface area contributed by atoms with Crippen molar-refractivity contribution in [3.63, 3.8) is 0 Å². The van der Waals surface area contributed by atoms with Crippen LogP contribution in [0.25, 0.3) is 0 Å². The average Bonchev–Trinajstić information content (AvgIpc) is 2.47. The Labute approximate surface area is 115 Å².